The Bertz CT molecular complexity index is 864. The highest BCUT2D eigenvalue weighted by molar-refractivity contribution is 5.91. The first kappa shape index (κ1) is 14.0. The smallest absolute Gasteiger partial charge is 0.311 e. The number of carbonyl (C=O) groups excluding carboxylic acids is 1. The average molecular weight is 310 g/mol. The third-order valence-electron chi connectivity index (χ3n) is 4.28. The Morgan fingerprint density at radius 2 is 2.22 bits per heavy atom. The van der Waals surface area contributed by atoms with Gasteiger partial charge < -0.3 is 14.3 Å². The fraction of sp³-hybridized carbons (Fsp3) is 0.353. The van der Waals surface area contributed by atoms with Crippen LogP contribution in [0, 0.1) is 0 Å². The summed E-state index contributed by atoms with van der Waals surface area (Å²) in [6, 6.07) is 8.19. The summed E-state index contributed by atoms with van der Waals surface area (Å²) in [5.74, 6) is 0.438. The van der Waals surface area contributed by atoms with Crippen molar-refractivity contribution in [1.29, 1.82) is 0 Å². The summed E-state index contributed by atoms with van der Waals surface area (Å²) in [7, 11) is 0. The molecule has 118 valence electrons. The van der Waals surface area contributed by atoms with Crippen LogP contribution in [-0.4, -0.2) is 32.5 Å². The number of fused-ring (bicyclic) bond motifs is 3. The molecule has 1 aliphatic rings. The van der Waals surface area contributed by atoms with E-state index in [1.165, 1.54) is 16.6 Å². The van der Waals surface area contributed by atoms with Gasteiger partial charge in [0.05, 0.1) is 0 Å². The van der Waals surface area contributed by atoms with Crippen LogP contribution in [-0.2, 0) is 19.4 Å². The molecule has 3 aromatic rings. The van der Waals surface area contributed by atoms with Crippen molar-refractivity contribution in [1.82, 2.24) is 20.1 Å². The standard InChI is InChI=1S/C17H18N4O2/c1-2-5-15-19-20-16(23-15)17(22)21-9-8-14-12(10-21)11-6-3-4-7-13(11)18-14/h3-4,6-7,18H,2,5,8-10H2,1H3. The summed E-state index contributed by atoms with van der Waals surface area (Å²) in [5.41, 5.74) is 3.52. The van der Waals surface area contributed by atoms with Gasteiger partial charge in [-0.25, -0.2) is 0 Å². The van der Waals surface area contributed by atoms with E-state index in [9.17, 15) is 4.79 Å². The molecule has 2 aromatic heterocycles. The monoisotopic (exact) mass is 310 g/mol. The first-order chi connectivity index (χ1) is 11.3. The van der Waals surface area contributed by atoms with Crippen LogP contribution in [0.2, 0.25) is 0 Å². The average Bonchev–Trinajstić information content (AvgIpc) is 3.18. The topological polar surface area (TPSA) is 75.0 Å². The molecule has 0 spiro atoms. The van der Waals surface area contributed by atoms with E-state index in [1.54, 1.807) is 4.90 Å². The predicted molar refractivity (Wildman–Crippen MR) is 85.0 cm³/mol. The van der Waals surface area contributed by atoms with E-state index < -0.39 is 0 Å². The molecule has 1 aliphatic heterocycles. The zero-order valence-corrected chi connectivity index (χ0v) is 13.0. The second kappa shape index (κ2) is 5.53. The Morgan fingerprint density at radius 1 is 1.35 bits per heavy atom. The maximum Gasteiger partial charge on any atom is 0.311 e. The molecule has 6 heteroatoms. The number of amides is 1. The maximum absolute atomic E-state index is 12.6. The number of para-hydroxylation sites is 1. The molecule has 0 radical (unpaired) electrons. The molecule has 0 aliphatic carbocycles. The van der Waals surface area contributed by atoms with Crippen molar-refractivity contribution in [3.8, 4) is 0 Å². The number of hydrogen-bond acceptors (Lipinski definition) is 4. The van der Waals surface area contributed by atoms with Gasteiger partial charge >= 0.3 is 11.8 Å². The van der Waals surface area contributed by atoms with E-state index in [1.807, 2.05) is 19.1 Å². The van der Waals surface area contributed by atoms with E-state index in [0.29, 0.717) is 25.4 Å². The van der Waals surface area contributed by atoms with Crippen LogP contribution in [0.5, 0.6) is 0 Å². The molecule has 3 heterocycles. The zero-order chi connectivity index (χ0) is 15.8. The molecule has 0 saturated heterocycles. The molecule has 0 atom stereocenters. The molecule has 1 aromatic carbocycles. The predicted octanol–water partition coefficient (Wildman–Crippen LogP) is 2.70. The van der Waals surface area contributed by atoms with E-state index in [2.05, 4.69) is 27.3 Å². The number of rotatable bonds is 3. The Morgan fingerprint density at radius 3 is 3.09 bits per heavy atom. The van der Waals surface area contributed by atoms with Gasteiger partial charge in [-0.15, -0.1) is 10.2 Å². The summed E-state index contributed by atoms with van der Waals surface area (Å²) in [6.45, 7) is 3.27. The minimum Gasteiger partial charge on any atom is -0.417 e. The molecule has 1 N–H and O–H groups in total. The third kappa shape index (κ3) is 2.40. The molecular formula is C17H18N4O2. The van der Waals surface area contributed by atoms with Crippen molar-refractivity contribution in [2.75, 3.05) is 6.54 Å². The maximum atomic E-state index is 12.6. The van der Waals surface area contributed by atoms with E-state index in [0.717, 1.165) is 18.4 Å². The van der Waals surface area contributed by atoms with Crippen LogP contribution in [0.4, 0.5) is 0 Å². The van der Waals surface area contributed by atoms with Crippen LogP contribution in [0.15, 0.2) is 28.7 Å². The van der Waals surface area contributed by atoms with E-state index >= 15 is 0 Å². The van der Waals surface area contributed by atoms with Crippen LogP contribution in [0.3, 0.4) is 0 Å². The molecule has 23 heavy (non-hydrogen) atoms. The zero-order valence-electron chi connectivity index (χ0n) is 13.0. The second-order valence-corrected chi connectivity index (χ2v) is 5.86. The minimum atomic E-state index is -0.184. The molecule has 0 fully saturated rings. The van der Waals surface area contributed by atoms with Crippen LogP contribution >= 0.6 is 0 Å². The molecule has 0 bridgehead atoms. The molecule has 0 saturated carbocycles. The Balaban J connectivity index is 1.60. The minimum absolute atomic E-state index is 0.0942. The van der Waals surface area contributed by atoms with Gasteiger partial charge in [-0.2, -0.15) is 0 Å². The number of aromatic nitrogens is 3. The highest BCUT2D eigenvalue weighted by Gasteiger charge is 2.27. The third-order valence-corrected chi connectivity index (χ3v) is 4.28. The molecule has 0 unspecified atom stereocenters. The Kier molecular flexibility index (Phi) is 3.37. The SMILES string of the molecule is CCCc1nnc(C(=O)N2CCc3[nH]c4ccccc4c3C2)o1. The van der Waals surface area contributed by atoms with E-state index in [-0.39, 0.29) is 11.8 Å². The number of carbonyl (C=O) groups is 1. The quantitative estimate of drug-likeness (QED) is 0.807. The lowest BCUT2D eigenvalue weighted by atomic mass is 10.0. The Labute approximate surface area is 133 Å². The first-order valence-electron chi connectivity index (χ1n) is 7.96. The molecular weight excluding hydrogens is 292 g/mol. The highest BCUT2D eigenvalue weighted by atomic mass is 16.4. The summed E-state index contributed by atoms with van der Waals surface area (Å²) in [4.78, 5) is 17.8. The summed E-state index contributed by atoms with van der Waals surface area (Å²) in [6.07, 6.45) is 2.43. The first-order valence-corrected chi connectivity index (χ1v) is 7.96. The van der Waals surface area contributed by atoms with Gasteiger partial charge in [-0.05, 0) is 12.5 Å². The lowest BCUT2D eigenvalue weighted by Gasteiger charge is -2.25. The van der Waals surface area contributed by atoms with Crippen molar-refractivity contribution in [2.24, 2.45) is 0 Å². The lowest BCUT2D eigenvalue weighted by molar-refractivity contribution is 0.0692. The van der Waals surface area contributed by atoms with Crippen LogP contribution < -0.4 is 0 Å². The fourth-order valence-electron chi connectivity index (χ4n) is 3.13. The van der Waals surface area contributed by atoms with Gasteiger partial charge in [0.1, 0.15) is 0 Å². The van der Waals surface area contributed by atoms with Gasteiger partial charge in [0, 0.05) is 48.1 Å². The van der Waals surface area contributed by atoms with Crippen LogP contribution in [0.25, 0.3) is 10.9 Å². The van der Waals surface area contributed by atoms with Gasteiger partial charge in [0.2, 0.25) is 5.89 Å². The fourth-order valence-corrected chi connectivity index (χ4v) is 3.13. The molecule has 4 rings (SSSR count). The molecule has 6 nitrogen and oxygen atoms in total. The normalized spacial score (nSPS) is 14.2. The van der Waals surface area contributed by atoms with Gasteiger partial charge in [0.15, 0.2) is 0 Å². The molecule has 1 amide bonds. The van der Waals surface area contributed by atoms with Crippen molar-refractivity contribution >= 4 is 16.8 Å². The Hall–Kier alpha value is -2.63. The number of H-pyrrole nitrogens is 1. The van der Waals surface area contributed by atoms with Crippen molar-refractivity contribution in [2.45, 2.75) is 32.7 Å². The van der Waals surface area contributed by atoms with Crippen molar-refractivity contribution < 1.29 is 9.21 Å². The summed E-state index contributed by atoms with van der Waals surface area (Å²) >= 11 is 0. The lowest BCUT2D eigenvalue weighted by Crippen LogP contribution is -2.36. The second-order valence-electron chi connectivity index (χ2n) is 5.86. The summed E-state index contributed by atoms with van der Waals surface area (Å²) < 4.78 is 5.47. The van der Waals surface area contributed by atoms with Crippen molar-refractivity contribution in [3.63, 3.8) is 0 Å². The van der Waals surface area contributed by atoms with Gasteiger partial charge in [-0.1, -0.05) is 25.1 Å². The number of nitrogens with zero attached hydrogens (tertiary/aromatic N) is 3. The van der Waals surface area contributed by atoms with Crippen LogP contribution in [0.1, 0.15) is 41.2 Å². The summed E-state index contributed by atoms with van der Waals surface area (Å²) in [5, 5.41) is 9.01. The number of aromatic amines is 1. The number of benzene rings is 1. The van der Waals surface area contributed by atoms with Gasteiger partial charge in [-0.3, -0.25) is 4.79 Å². The number of aryl methyl sites for hydroxylation is 1. The number of hydrogen-bond donors (Lipinski definition) is 1. The van der Waals surface area contributed by atoms with Crippen molar-refractivity contribution in [3.05, 3.63) is 47.3 Å². The highest BCUT2D eigenvalue weighted by Crippen LogP contribution is 2.28. The van der Waals surface area contributed by atoms with Gasteiger partial charge in [0.25, 0.3) is 0 Å². The van der Waals surface area contributed by atoms with E-state index in [4.69, 9.17) is 4.42 Å². The number of nitrogens with one attached hydrogen (secondary N) is 1. The largest absolute Gasteiger partial charge is 0.417 e.